The van der Waals surface area contributed by atoms with E-state index in [1.54, 1.807) is 18.7 Å². The summed E-state index contributed by atoms with van der Waals surface area (Å²) < 4.78 is 7.45. The number of likely N-dealkylation sites (N-methyl/N-ethyl adjacent to an activating group) is 1. The predicted molar refractivity (Wildman–Crippen MR) is 85.5 cm³/mol. The highest BCUT2D eigenvalue weighted by Crippen LogP contribution is 2.22. The van der Waals surface area contributed by atoms with Crippen LogP contribution in [0.1, 0.15) is 6.92 Å². The topological polar surface area (TPSA) is 88.3 Å². The van der Waals surface area contributed by atoms with E-state index in [1.807, 2.05) is 23.9 Å². The van der Waals surface area contributed by atoms with Crippen molar-refractivity contribution in [3.63, 3.8) is 0 Å². The van der Waals surface area contributed by atoms with Gasteiger partial charge in [-0.3, -0.25) is 9.47 Å². The third-order valence-corrected chi connectivity index (χ3v) is 4.42. The molecule has 3 rings (SSSR count). The molecule has 23 heavy (non-hydrogen) atoms. The largest absolute Gasteiger partial charge is 0.394 e. The van der Waals surface area contributed by atoms with Gasteiger partial charge in [0.05, 0.1) is 25.4 Å². The number of morpholine rings is 1. The summed E-state index contributed by atoms with van der Waals surface area (Å²) >= 11 is 0. The second-order valence-corrected chi connectivity index (χ2v) is 5.92. The van der Waals surface area contributed by atoms with E-state index in [0.29, 0.717) is 25.7 Å². The van der Waals surface area contributed by atoms with Crippen molar-refractivity contribution in [3.8, 4) is 5.82 Å². The second-order valence-electron chi connectivity index (χ2n) is 5.92. The molecule has 1 fully saturated rings. The third-order valence-electron chi connectivity index (χ3n) is 4.42. The quantitative estimate of drug-likeness (QED) is 0.811. The molecule has 0 radical (unpaired) electrons. The van der Waals surface area contributed by atoms with Gasteiger partial charge < -0.3 is 15.2 Å². The zero-order valence-corrected chi connectivity index (χ0v) is 13.4. The van der Waals surface area contributed by atoms with E-state index < -0.39 is 5.54 Å². The molecule has 124 valence electrons. The van der Waals surface area contributed by atoms with Crippen molar-refractivity contribution in [3.05, 3.63) is 31.0 Å². The molecule has 3 heterocycles. The van der Waals surface area contributed by atoms with Gasteiger partial charge in [0.15, 0.2) is 0 Å². The number of hydrogen-bond acceptors (Lipinski definition) is 7. The average molecular weight is 318 g/mol. The Morgan fingerprint density at radius 1 is 1.48 bits per heavy atom. The van der Waals surface area contributed by atoms with Gasteiger partial charge in [-0.1, -0.05) is 0 Å². The van der Waals surface area contributed by atoms with Gasteiger partial charge >= 0.3 is 0 Å². The number of ether oxygens (including phenoxy) is 1. The number of nitrogens with zero attached hydrogens (tertiary/aromatic N) is 5. The maximum Gasteiger partial charge on any atom is 0.224 e. The zero-order valence-electron chi connectivity index (χ0n) is 13.4. The lowest BCUT2D eigenvalue weighted by Crippen LogP contribution is -2.64. The average Bonchev–Trinajstić information content (AvgIpc) is 3.11. The smallest absolute Gasteiger partial charge is 0.224 e. The molecule has 0 aromatic carbocycles. The van der Waals surface area contributed by atoms with Crippen LogP contribution in [-0.4, -0.2) is 74.5 Å². The standard InChI is InChI=1S/C15H22N6O2/c1-12-7-23-10-15(9-22,20(12)2)8-18-14-17-4-3-13(19-14)21-6-5-16-11-21/h3-6,11-12,22H,7-10H2,1-2H3,(H,17,18,19)/t12-,15+/m1/s1. The number of aliphatic hydroxyl groups excluding tert-OH is 1. The third kappa shape index (κ3) is 3.19. The first kappa shape index (κ1) is 15.9. The fraction of sp³-hybridized carbons (Fsp3) is 0.533. The highest BCUT2D eigenvalue weighted by molar-refractivity contribution is 5.32. The molecule has 0 spiro atoms. The number of hydrogen-bond donors (Lipinski definition) is 2. The van der Waals surface area contributed by atoms with E-state index in [-0.39, 0.29) is 12.6 Å². The van der Waals surface area contributed by atoms with Crippen molar-refractivity contribution in [1.82, 2.24) is 24.4 Å². The maximum atomic E-state index is 9.90. The summed E-state index contributed by atoms with van der Waals surface area (Å²) in [5.41, 5.74) is -0.480. The minimum Gasteiger partial charge on any atom is -0.394 e. The van der Waals surface area contributed by atoms with Gasteiger partial charge in [0.2, 0.25) is 5.95 Å². The van der Waals surface area contributed by atoms with Gasteiger partial charge in [0, 0.05) is 31.2 Å². The lowest BCUT2D eigenvalue weighted by atomic mass is 9.96. The highest BCUT2D eigenvalue weighted by atomic mass is 16.5. The molecule has 2 N–H and O–H groups in total. The van der Waals surface area contributed by atoms with Crippen LogP contribution in [0.3, 0.4) is 0 Å². The van der Waals surface area contributed by atoms with E-state index in [0.717, 1.165) is 5.82 Å². The Morgan fingerprint density at radius 3 is 3.09 bits per heavy atom. The summed E-state index contributed by atoms with van der Waals surface area (Å²) in [5.74, 6) is 1.25. The molecule has 1 aliphatic heterocycles. The number of rotatable bonds is 5. The monoisotopic (exact) mass is 318 g/mol. The summed E-state index contributed by atoms with van der Waals surface area (Å²) in [5, 5.41) is 13.1. The molecular weight excluding hydrogens is 296 g/mol. The SMILES string of the molecule is C[C@@H]1COC[C@@](CO)(CNc2nccc(-n3ccnc3)n2)N1C. The van der Waals surface area contributed by atoms with Crippen molar-refractivity contribution in [2.24, 2.45) is 0 Å². The summed E-state index contributed by atoms with van der Waals surface area (Å²) in [6.07, 6.45) is 6.91. The van der Waals surface area contributed by atoms with Crippen molar-refractivity contribution in [2.75, 3.05) is 38.7 Å². The Kier molecular flexibility index (Phi) is 4.56. The lowest BCUT2D eigenvalue weighted by molar-refractivity contribution is -0.101. The molecule has 0 amide bonds. The lowest BCUT2D eigenvalue weighted by Gasteiger charge is -2.47. The van der Waals surface area contributed by atoms with Crippen molar-refractivity contribution in [1.29, 1.82) is 0 Å². The Labute approximate surface area is 135 Å². The summed E-state index contributed by atoms with van der Waals surface area (Å²) in [7, 11) is 2.01. The van der Waals surface area contributed by atoms with Gasteiger partial charge in [-0.2, -0.15) is 4.98 Å². The zero-order chi connectivity index (χ0) is 16.3. The van der Waals surface area contributed by atoms with Gasteiger partial charge in [0.25, 0.3) is 0 Å². The fourth-order valence-corrected chi connectivity index (χ4v) is 2.71. The summed E-state index contributed by atoms with van der Waals surface area (Å²) in [4.78, 5) is 14.9. The van der Waals surface area contributed by atoms with Crippen LogP contribution < -0.4 is 5.32 Å². The van der Waals surface area contributed by atoms with Crippen LogP contribution in [0, 0.1) is 0 Å². The van der Waals surface area contributed by atoms with Crippen molar-refractivity contribution < 1.29 is 9.84 Å². The van der Waals surface area contributed by atoms with Crippen molar-refractivity contribution >= 4 is 5.95 Å². The summed E-state index contributed by atoms with van der Waals surface area (Å²) in [6.45, 7) is 3.73. The number of aromatic nitrogens is 4. The second kappa shape index (κ2) is 6.61. The van der Waals surface area contributed by atoms with Crippen LogP contribution >= 0.6 is 0 Å². The van der Waals surface area contributed by atoms with E-state index in [2.05, 4.69) is 32.1 Å². The Morgan fingerprint density at radius 2 is 2.35 bits per heavy atom. The van der Waals surface area contributed by atoms with E-state index in [9.17, 15) is 5.11 Å². The van der Waals surface area contributed by atoms with Gasteiger partial charge in [-0.05, 0) is 20.0 Å². The summed E-state index contributed by atoms with van der Waals surface area (Å²) in [6, 6.07) is 2.06. The van der Waals surface area contributed by atoms with E-state index >= 15 is 0 Å². The number of anilines is 1. The molecule has 0 aliphatic carbocycles. The van der Waals surface area contributed by atoms with Gasteiger partial charge in [-0.25, -0.2) is 9.97 Å². The molecule has 2 aromatic heterocycles. The molecule has 0 unspecified atom stereocenters. The molecule has 8 nitrogen and oxygen atoms in total. The Balaban J connectivity index is 1.73. The first-order chi connectivity index (χ1) is 11.1. The predicted octanol–water partition coefficient (Wildman–Crippen LogP) is 0.156. The van der Waals surface area contributed by atoms with Crippen LogP contribution in [0.15, 0.2) is 31.0 Å². The fourth-order valence-electron chi connectivity index (χ4n) is 2.71. The first-order valence-electron chi connectivity index (χ1n) is 7.61. The van der Waals surface area contributed by atoms with E-state index in [4.69, 9.17) is 4.74 Å². The maximum absolute atomic E-state index is 9.90. The minimum atomic E-state index is -0.480. The van der Waals surface area contributed by atoms with Crippen LogP contribution in [0.2, 0.25) is 0 Å². The molecule has 1 aliphatic rings. The number of nitrogens with one attached hydrogen (secondary N) is 1. The van der Waals surface area contributed by atoms with Crippen molar-refractivity contribution in [2.45, 2.75) is 18.5 Å². The molecular formula is C15H22N6O2. The normalized spacial score (nSPS) is 25.4. The first-order valence-corrected chi connectivity index (χ1v) is 7.61. The van der Waals surface area contributed by atoms with Crippen LogP contribution in [0.5, 0.6) is 0 Å². The Hall–Kier alpha value is -2.03. The number of imidazole rings is 1. The Bertz CT molecular complexity index is 635. The molecule has 1 saturated heterocycles. The van der Waals surface area contributed by atoms with Crippen LogP contribution in [0.25, 0.3) is 5.82 Å². The van der Waals surface area contributed by atoms with Gasteiger partial charge in [0.1, 0.15) is 12.1 Å². The molecule has 8 heteroatoms. The van der Waals surface area contributed by atoms with E-state index in [1.165, 1.54) is 0 Å². The highest BCUT2D eigenvalue weighted by Gasteiger charge is 2.40. The van der Waals surface area contributed by atoms with Crippen LogP contribution in [0.4, 0.5) is 5.95 Å². The number of aliphatic hydroxyl groups is 1. The van der Waals surface area contributed by atoms with Gasteiger partial charge in [-0.15, -0.1) is 0 Å². The minimum absolute atomic E-state index is 0.00203. The van der Waals surface area contributed by atoms with Crippen LogP contribution in [-0.2, 0) is 4.74 Å². The molecule has 0 saturated carbocycles. The molecule has 2 aromatic rings. The molecule has 2 atom stereocenters. The molecule has 0 bridgehead atoms.